The van der Waals surface area contributed by atoms with Gasteiger partial charge in [-0.2, -0.15) is 14.0 Å². The van der Waals surface area contributed by atoms with Crippen molar-refractivity contribution in [1.82, 2.24) is 9.88 Å². The van der Waals surface area contributed by atoms with Crippen LogP contribution in [0.3, 0.4) is 0 Å². The van der Waals surface area contributed by atoms with Crippen molar-refractivity contribution in [2.75, 3.05) is 6.54 Å². The zero-order valence-electron chi connectivity index (χ0n) is 19.6. The Morgan fingerprint density at radius 1 is 1.20 bits per heavy atom. The normalized spacial score (nSPS) is 12.4. The molecule has 1 N–H and O–H groups in total. The number of rotatable bonds is 8. The van der Waals surface area contributed by atoms with E-state index in [-0.39, 0.29) is 26.1 Å². The zero-order valence-corrected chi connectivity index (χ0v) is 20.4. The van der Waals surface area contributed by atoms with Gasteiger partial charge in [-0.3, -0.25) is 14.2 Å². The Balaban J connectivity index is 2.37. The number of nitrogens with zero attached hydrogens (tertiary/aromatic N) is 2. The SMILES string of the molecule is CCCCNC(=O)C(C#N)=c1sc(=Cc2ccccc2OC(F)F)c(=O)n1-c1c(C)cccc1C. The number of aromatic nitrogens is 1. The van der Waals surface area contributed by atoms with Gasteiger partial charge in [-0.25, -0.2) is 0 Å². The number of nitrogens with one attached hydrogen (secondary N) is 1. The van der Waals surface area contributed by atoms with Crippen LogP contribution in [0.25, 0.3) is 17.3 Å². The summed E-state index contributed by atoms with van der Waals surface area (Å²) in [5.74, 6) is -0.660. The molecule has 0 saturated heterocycles. The Labute approximate surface area is 205 Å². The van der Waals surface area contributed by atoms with E-state index in [9.17, 15) is 23.6 Å². The molecule has 0 unspecified atom stereocenters. The lowest BCUT2D eigenvalue weighted by Gasteiger charge is -2.11. The van der Waals surface area contributed by atoms with Gasteiger partial charge >= 0.3 is 6.61 Å². The van der Waals surface area contributed by atoms with Gasteiger partial charge < -0.3 is 10.1 Å². The first-order chi connectivity index (χ1) is 16.8. The van der Waals surface area contributed by atoms with E-state index in [0.29, 0.717) is 12.2 Å². The minimum absolute atomic E-state index is 0.0859. The largest absolute Gasteiger partial charge is 0.434 e. The highest BCUT2D eigenvalue weighted by atomic mass is 32.1. The molecule has 1 amide bonds. The predicted molar refractivity (Wildman–Crippen MR) is 132 cm³/mol. The van der Waals surface area contributed by atoms with Crippen LogP contribution in [0.15, 0.2) is 47.3 Å². The van der Waals surface area contributed by atoms with Gasteiger partial charge in [-0.15, -0.1) is 11.3 Å². The maximum absolute atomic E-state index is 13.6. The molecule has 0 aliphatic rings. The van der Waals surface area contributed by atoms with Gasteiger partial charge in [-0.1, -0.05) is 49.7 Å². The third-order valence-electron chi connectivity index (χ3n) is 5.28. The van der Waals surface area contributed by atoms with Gasteiger partial charge in [-0.05, 0) is 43.5 Å². The molecule has 182 valence electrons. The van der Waals surface area contributed by atoms with Crippen LogP contribution in [-0.2, 0) is 4.79 Å². The van der Waals surface area contributed by atoms with Crippen LogP contribution < -0.4 is 24.8 Å². The first-order valence-electron chi connectivity index (χ1n) is 11.0. The van der Waals surface area contributed by atoms with Crippen molar-refractivity contribution in [3.05, 3.63) is 78.7 Å². The molecule has 1 aromatic heterocycles. The highest BCUT2D eigenvalue weighted by molar-refractivity contribution is 7.07. The number of nitriles is 1. The molecule has 0 spiro atoms. The fraction of sp³-hybridized carbons (Fsp3) is 0.269. The summed E-state index contributed by atoms with van der Waals surface area (Å²) in [6.45, 7) is 3.02. The van der Waals surface area contributed by atoms with Crippen molar-refractivity contribution in [1.29, 1.82) is 5.26 Å². The summed E-state index contributed by atoms with van der Waals surface area (Å²) in [6.07, 6.45) is 3.05. The van der Waals surface area contributed by atoms with E-state index in [1.54, 1.807) is 18.2 Å². The molecule has 9 heteroatoms. The second-order valence-corrected chi connectivity index (χ2v) is 8.84. The van der Waals surface area contributed by atoms with Crippen molar-refractivity contribution in [2.24, 2.45) is 0 Å². The number of para-hydroxylation sites is 2. The fourth-order valence-corrected chi connectivity index (χ4v) is 4.70. The lowest BCUT2D eigenvalue weighted by atomic mass is 10.1. The van der Waals surface area contributed by atoms with Gasteiger partial charge in [0, 0.05) is 12.1 Å². The second kappa shape index (κ2) is 11.6. The lowest BCUT2D eigenvalue weighted by Crippen LogP contribution is -2.34. The van der Waals surface area contributed by atoms with E-state index >= 15 is 0 Å². The molecule has 0 saturated carbocycles. The minimum Gasteiger partial charge on any atom is -0.434 e. The predicted octanol–water partition coefficient (Wildman–Crippen LogP) is 3.54. The Hall–Kier alpha value is -3.77. The summed E-state index contributed by atoms with van der Waals surface area (Å²) in [5.41, 5.74) is 1.74. The maximum atomic E-state index is 13.6. The van der Waals surface area contributed by atoms with Crippen molar-refractivity contribution in [3.63, 3.8) is 0 Å². The number of benzene rings is 2. The topological polar surface area (TPSA) is 84.1 Å². The van der Waals surface area contributed by atoms with Gasteiger partial charge in [0.2, 0.25) is 0 Å². The first-order valence-corrected chi connectivity index (χ1v) is 11.9. The van der Waals surface area contributed by atoms with E-state index in [0.717, 1.165) is 35.3 Å². The smallest absolute Gasteiger partial charge is 0.387 e. The number of hydrogen-bond donors (Lipinski definition) is 1. The molecule has 1 heterocycles. The third kappa shape index (κ3) is 5.84. The monoisotopic (exact) mass is 497 g/mol. The zero-order chi connectivity index (χ0) is 25.5. The standard InChI is InChI=1S/C26H25F2N3O3S/c1-4-5-13-30-23(32)19(15-29)25-31(22-16(2)9-8-10-17(22)3)24(33)21(35-25)14-18-11-6-7-12-20(18)34-26(27)28/h6-12,14,26H,4-5,13H2,1-3H3,(H,30,32). The van der Waals surface area contributed by atoms with Crippen molar-refractivity contribution in [3.8, 4) is 17.5 Å². The maximum Gasteiger partial charge on any atom is 0.387 e. The number of alkyl halides is 2. The van der Waals surface area contributed by atoms with Crippen molar-refractivity contribution in [2.45, 2.75) is 40.2 Å². The molecule has 0 atom stereocenters. The van der Waals surface area contributed by atoms with E-state index in [1.807, 2.05) is 45.0 Å². The van der Waals surface area contributed by atoms with Crippen molar-refractivity contribution >= 4 is 28.9 Å². The third-order valence-corrected chi connectivity index (χ3v) is 6.37. The molecule has 3 aromatic rings. The first kappa shape index (κ1) is 25.8. The highest BCUT2D eigenvalue weighted by Gasteiger charge is 2.19. The number of carbonyl (C=O) groups excluding carboxylic acids is 1. The van der Waals surface area contributed by atoms with Crippen LogP contribution >= 0.6 is 11.3 Å². The van der Waals surface area contributed by atoms with Gasteiger partial charge in [0.1, 0.15) is 16.5 Å². The van der Waals surface area contributed by atoms with Crippen LogP contribution in [0.2, 0.25) is 0 Å². The summed E-state index contributed by atoms with van der Waals surface area (Å²) in [6, 6.07) is 13.6. The van der Waals surface area contributed by atoms with E-state index in [4.69, 9.17) is 0 Å². The number of halogens is 2. The van der Waals surface area contributed by atoms with E-state index in [2.05, 4.69) is 10.1 Å². The summed E-state index contributed by atoms with van der Waals surface area (Å²) < 4.78 is 32.0. The fourth-order valence-electron chi connectivity index (χ4n) is 3.62. The minimum atomic E-state index is -3.03. The molecule has 0 fully saturated rings. The van der Waals surface area contributed by atoms with Crippen LogP contribution in [-0.4, -0.2) is 23.6 Å². The quantitative estimate of drug-likeness (QED) is 0.483. The number of unbranched alkanes of at least 4 members (excludes halogenated alkanes) is 1. The summed E-state index contributed by atoms with van der Waals surface area (Å²) in [5, 5.41) is 12.6. The van der Waals surface area contributed by atoms with Crippen molar-refractivity contribution < 1.29 is 18.3 Å². The molecule has 6 nitrogen and oxygen atoms in total. The highest BCUT2D eigenvalue weighted by Crippen LogP contribution is 2.21. The number of ether oxygens (including phenoxy) is 1. The van der Waals surface area contributed by atoms with E-state index in [1.165, 1.54) is 16.7 Å². The molecule has 35 heavy (non-hydrogen) atoms. The number of amides is 1. The van der Waals surface area contributed by atoms with Crippen LogP contribution in [0.4, 0.5) is 8.78 Å². The Bertz CT molecular complexity index is 1430. The summed E-state index contributed by atoms with van der Waals surface area (Å²) >= 11 is 0.952. The average Bonchev–Trinajstić information content (AvgIpc) is 3.11. The molecular formula is C26H25F2N3O3S. The number of carbonyl (C=O) groups is 1. The Morgan fingerprint density at radius 3 is 2.51 bits per heavy atom. The molecule has 0 radical (unpaired) electrons. The summed E-state index contributed by atoms with van der Waals surface area (Å²) in [7, 11) is 0. The lowest BCUT2D eigenvalue weighted by molar-refractivity contribution is -0.115. The molecule has 3 rings (SSSR count). The average molecular weight is 498 g/mol. The Kier molecular flexibility index (Phi) is 8.55. The molecule has 2 aromatic carbocycles. The van der Waals surface area contributed by atoms with Crippen LogP contribution in [0.5, 0.6) is 5.75 Å². The van der Waals surface area contributed by atoms with Gasteiger partial charge in [0.15, 0.2) is 5.57 Å². The second-order valence-electron chi connectivity index (χ2n) is 7.81. The van der Waals surface area contributed by atoms with Gasteiger partial charge in [0.05, 0.1) is 10.2 Å². The van der Waals surface area contributed by atoms with Crippen LogP contribution in [0.1, 0.15) is 36.5 Å². The number of aryl methyl sites for hydroxylation is 2. The molecule has 0 aliphatic carbocycles. The summed E-state index contributed by atoms with van der Waals surface area (Å²) in [4.78, 5) is 26.5. The molecule has 0 aliphatic heterocycles. The van der Waals surface area contributed by atoms with Gasteiger partial charge in [0.25, 0.3) is 11.5 Å². The molecule has 0 bridgehead atoms. The van der Waals surface area contributed by atoms with E-state index < -0.39 is 18.1 Å². The Morgan fingerprint density at radius 2 is 1.89 bits per heavy atom. The molecular weight excluding hydrogens is 472 g/mol. The number of hydrogen-bond acceptors (Lipinski definition) is 5. The number of thiazole rings is 1. The van der Waals surface area contributed by atoms with Crippen LogP contribution in [0, 0.1) is 25.2 Å².